The van der Waals surface area contributed by atoms with E-state index in [2.05, 4.69) is 210 Å². The van der Waals surface area contributed by atoms with E-state index in [0.29, 0.717) is 0 Å². The van der Waals surface area contributed by atoms with E-state index in [1.807, 2.05) is 0 Å². The zero-order valence-electron chi connectivity index (χ0n) is 31.3. The minimum atomic E-state index is -0.273. The van der Waals surface area contributed by atoms with Crippen LogP contribution < -0.4 is 0 Å². The fourth-order valence-electron chi connectivity index (χ4n) is 10.1. The van der Waals surface area contributed by atoms with Crippen molar-refractivity contribution < 1.29 is 0 Å². The van der Waals surface area contributed by atoms with Crippen LogP contribution in [0.2, 0.25) is 0 Å². The largest absolute Gasteiger partial charge is 0.0725 e. The molecular weight excluding hydrogens is 649 g/mol. The Morgan fingerprint density at radius 1 is 0.241 bits per heavy atom. The molecule has 0 saturated heterocycles. The summed E-state index contributed by atoms with van der Waals surface area (Å²) in [4.78, 5) is 0. The topological polar surface area (TPSA) is 0 Å². The summed E-state index contributed by atoms with van der Waals surface area (Å²) in [5, 5.41) is 0. The van der Waals surface area contributed by atoms with Gasteiger partial charge in [-0.05, 0) is 106 Å². The molecule has 0 nitrogen and oxygen atoms in total. The summed E-state index contributed by atoms with van der Waals surface area (Å²) >= 11 is 0. The minimum Gasteiger partial charge on any atom is -0.0622 e. The van der Waals surface area contributed by atoms with Crippen molar-refractivity contribution in [3.8, 4) is 33.4 Å². The molecule has 1 spiro atoms. The number of benzene rings is 8. The molecule has 0 N–H and O–H groups in total. The van der Waals surface area contributed by atoms with Crippen LogP contribution in [0.4, 0.5) is 0 Å². The summed E-state index contributed by atoms with van der Waals surface area (Å²) in [5.74, 6) is 0. The van der Waals surface area contributed by atoms with Crippen LogP contribution in [0.15, 0.2) is 182 Å². The SMILES string of the molecule is Cc1ccc2c(c1)C(c1ccccc1)(c1ccccc1)c1cc(C)ccc1-2.Cc1ccc2c(c1)C1(c3ccccc3-c3ccccc31)c1cc(C)ccc1-2. The monoisotopic (exact) mass is 690 g/mol. The molecule has 0 aromatic heterocycles. The third-order valence-corrected chi connectivity index (χ3v) is 12.3. The molecular formula is C54H42. The van der Waals surface area contributed by atoms with Gasteiger partial charge in [0.25, 0.3) is 0 Å². The van der Waals surface area contributed by atoms with Crippen molar-refractivity contribution >= 4 is 0 Å². The summed E-state index contributed by atoms with van der Waals surface area (Å²) in [7, 11) is 0. The van der Waals surface area contributed by atoms with Gasteiger partial charge in [0, 0.05) is 0 Å². The normalized spacial score (nSPS) is 14.2. The van der Waals surface area contributed by atoms with Crippen molar-refractivity contribution in [2.75, 3.05) is 0 Å². The Balaban J connectivity index is 0.000000134. The van der Waals surface area contributed by atoms with E-state index in [0.717, 1.165) is 0 Å². The Morgan fingerprint density at radius 3 is 0.870 bits per heavy atom. The molecule has 0 bridgehead atoms. The predicted molar refractivity (Wildman–Crippen MR) is 225 cm³/mol. The maximum atomic E-state index is 2.41. The Bertz CT molecular complexity index is 2450. The molecule has 0 amide bonds. The molecule has 8 aromatic rings. The molecule has 0 heterocycles. The van der Waals surface area contributed by atoms with Gasteiger partial charge in [-0.25, -0.2) is 0 Å². The van der Waals surface area contributed by atoms with Gasteiger partial charge in [0.1, 0.15) is 0 Å². The van der Waals surface area contributed by atoms with E-state index in [9.17, 15) is 0 Å². The highest BCUT2D eigenvalue weighted by atomic mass is 14.5. The third kappa shape index (κ3) is 4.44. The second-order valence-corrected chi connectivity index (χ2v) is 15.5. The predicted octanol–water partition coefficient (Wildman–Crippen LogP) is 13.3. The molecule has 0 unspecified atom stereocenters. The molecule has 3 aliphatic rings. The lowest BCUT2D eigenvalue weighted by molar-refractivity contribution is 0.766. The Morgan fingerprint density at radius 2 is 0.519 bits per heavy atom. The van der Waals surface area contributed by atoms with Gasteiger partial charge >= 0.3 is 0 Å². The maximum absolute atomic E-state index is 2.41. The Kier molecular flexibility index (Phi) is 7.29. The van der Waals surface area contributed by atoms with Crippen LogP contribution in [0.1, 0.15) is 66.8 Å². The van der Waals surface area contributed by atoms with Crippen molar-refractivity contribution in [2.45, 2.75) is 38.5 Å². The van der Waals surface area contributed by atoms with Crippen LogP contribution in [0.25, 0.3) is 33.4 Å². The van der Waals surface area contributed by atoms with Crippen LogP contribution in [-0.4, -0.2) is 0 Å². The van der Waals surface area contributed by atoms with Crippen molar-refractivity contribution in [1.82, 2.24) is 0 Å². The summed E-state index contributed by atoms with van der Waals surface area (Å²) < 4.78 is 0. The summed E-state index contributed by atoms with van der Waals surface area (Å²) in [6.45, 7) is 8.79. The van der Waals surface area contributed by atoms with Gasteiger partial charge in [0.15, 0.2) is 0 Å². The van der Waals surface area contributed by atoms with Gasteiger partial charge in [-0.3, -0.25) is 0 Å². The Labute approximate surface area is 319 Å². The fraction of sp³-hybridized carbons (Fsp3) is 0.111. The zero-order valence-corrected chi connectivity index (χ0v) is 31.3. The highest BCUT2D eigenvalue weighted by molar-refractivity contribution is 5.95. The van der Waals surface area contributed by atoms with E-state index in [1.165, 1.54) is 100 Å². The first-order valence-corrected chi connectivity index (χ1v) is 19.2. The molecule has 0 radical (unpaired) electrons. The van der Waals surface area contributed by atoms with Gasteiger partial charge in [0.2, 0.25) is 0 Å². The fourth-order valence-corrected chi connectivity index (χ4v) is 10.1. The molecule has 0 atom stereocenters. The van der Waals surface area contributed by atoms with Crippen LogP contribution in [0.3, 0.4) is 0 Å². The van der Waals surface area contributed by atoms with Crippen molar-refractivity contribution in [2.24, 2.45) is 0 Å². The molecule has 0 heteroatoms. The van der Waals surface area contributed by atoms with Crippen molar-refractivity contribution in [3.63, 3.8) is 0 Å². The first-order chi connectivity index (χ1) is 26.4. The summed E-state index contributed by atoms with van der Waals surface area (Å²) in [6.07, 6.45) is 0. The molecule has 0 saturated carbocycles. The van der Waals surface area contributed by atoms with Gasteiger partial charge in [-0.2, -0.15) is 0 Å². The highest BCUT2D eigenvalue weighted by Crippen LogP contribution is 2.63. The first kappa shape index (κ1) is 32.4. The smallest absolute Gasteiger partial charge is 0.0622 e. The first-order valence-electron chi connectivity index (χ1n) is 19.2. The lowest BCUT2D eigenvalue weighted by Crippen LogP contribution is -2.28. The second-order valence-electron chi connectivity index (χ2n) is 15.5. The van der Waals surface area contributed by atoms with Gasteiger partial charge < -0.3 is 0 Å². The summed E-state index contributed by atoms with van der Waals surface area (Å²) in [6, 6.07) is 67.6. The van der Waals surface area contributed by atoms with Crippen molar-refractivity contribution in [3.05, 3.63) is 249 Å². The number of aryl methyl sites for hydroxylation is 4. The quantitative estimate of drug-likeness (QED) is 0.169. The van der Waals surface area contributed by atoms with Gasteiger partial charge in [0.05, 0.1) is 10.8 Å². The van der Waals surface area contributed by atoms with E-state index in [-0.39, 0.29) is 10.8 Å². The minimum absolute atomic E-state index is 0.199. The maximum Gasteiger partial charge on any atom is 0.0725 e. The lowest BCUT2D eigenvalue weighted by Gasteiger charge is -2.34. The van der Waals surface area contributed by atoms with E-state index < -0.39 is 0 Å². The van der Waals surface area contributed by atoms with Crippen molar-refractivity contribution in [1.29, 1.82) is 0 Å². The molecule has 8 aromatic carbocycles. The summed E-state index contributed by atoms with van der Waals surface area (Å²) in [5.41, 5.74) is 24.1. The number of rotatable bonds is 2. The zero-order chi connectivity index (χ0) is 36.6. The highest BCUT2D eigenvalue weighted by Gasteiger charge is 2.51. The molecule has 11 rings (SSSR count). The second kappa shape index (κ2) is 12.2. The molecule has 54 heavy (non-hydrogen) atoms. The third-order valence-electron chi connectivity index (χ3n) is 12.3. The van der Waals surface area contributed by atoms with Crippen LogP contribution in [-0.2, 0) is 10.8 Å². The van der Waals surface area contributed by atoms with Crippen LogP contribution in [0.5, 0.6) is 0 Å². The molecule has 0 aliphatic heterocycles. The van der Waals surface area contributed by atoms with E-state index in [1.54, 1.807) is 0 Å². The molecule has 0 fully saturated rings. The number of hydrogen-bond donors (Lipinski definition) is 0. The van der Waals surface area contributed by atoms with E-state index >= 15 is 0 Å². The molecule has 3 aliphatic carbocycles. The Hall–Kier alpha value is -6.24. The average Bonchev–Trinajstić information content (AvgIpc) is 3.77. The van der Waals surface area contributed by atoms with Gasteiger partial charge in [-0.1, -0.05) is 204 Å². The standard InChI is InChI=1S/C27H20.C27H22/c1-17-11-13-21-22-14-12-18(2)16-26(22)27(25(21)15-17)23-9-5-3-7-19(23)20-8-4-6-10-24(20)27;1-19-13-15-23-24-16-14-20(2)18-26(24)27(25(23)17-19,21-9-5-3-6-10-21)22-11-7-4-8-12-22/h3-16H,1-2H3;3-18H,1-2H3. The number of fused-ring (bicyclic) bond motifs is 13. The number of hydrogen-bond acceptors (Lipinski definition) is 0. The lowest BCUT2D eigenvalue weighted by atomic mass is 9.67. The van der Waals surface area contributed by atoms with Crippen LogP contribution in [0, 0.1) is 27.7 Å². The van der Waals surface area contributed by atoms with E-state index in [4.69, 9.17) is 0 Å². The molecule has 258 valence electrons. The van der Waals surface area contributed by atoms with Gasteiger partial charge in [-0.15, -0.1) is 0 Å². The van der Waals surface area contributed by atoms with Crippen LogP contribution >= 0.6 is 0 Å². The average molecular weight is 691 g/mol.